The Balaban J connectivity index is 1.93. The van der Waals surface area contributed by atoms with Crippen molar-refractivity contribution < 1.29 is 9.18 Å². The summed E-state index contributed by atoms with van der Waals surface area (Å²) in [5.74, 6) is -0.226. The molecule has 0 saturated heterocycles. The lowest BCUT2D eigenvalue weighted by atomic mass is 9.88. The Hall–Kier alpha value is -0.610. The topological polar surface area (TPSA) is 29.1 Å². The van der Waals surface area contributed by atoms with Crippen molar-refractivity contribution in [2.75, 3.05) is 6.54 Å². The van der Waals surface area contributed by atoms with E-state index in [0.29, 0.717) is 22.5 Å². The predicted octanol–water partition coefficient (Wildman–Crippen LogP) is 4.12. The fourth-order valence-corrected chi connectivity index (χ4v) is 3.29. The van der Waals surface area contributed by atoms with Crippen LogP contribution in [0.4, 0.5) is 4.39 Å². The molecule has 2 rings (SSSR count). The minimum Gasteiger partial charge on any atom is -0.352 e. The molecule has 5 heteroatoms. The number of benzene rings is 1. The molecule has 1 aromatic rings. The molecule has 0 aromatic heterocycles. The van der Waals surface area contributed by atoms with Crippen LogP contribution in [0.15, 0.2) is 22.7 Å². The Labute approximate surface area is 125 Å². The highest BCUT2D eigenvalue weighted by atomic mass is 79.9. The molecular formula is C14H16BrClFNO. The maximum atomic E-state index is 13.0. The Morgan fingerprint density at radius 3 is 2.84 bits per heavy atom. The molecule has 2 nitrogen and oxygen atoms in total. The Bertz CT molecular complexity index is 469. The maximum Gasteiger partial charge on any atom is 0.252 e. The normalized spacial score (nSPS) is 23.1. The van der Waals surface area contributed by atoms with Crippen molar-refractivity contribution in [2.45, 2.75) is 31.1 Å². The average Bonchev–Trinajstić information content (AvgIpc) is 2.37. The third kappa shape index (κ3) is 3.93. The first-order valence-corrected chi connectivity index (χ1v) is 7.68. The Morgan fingerprint density at radius 2 is 2.16 bits per heavy atom. The molecule has 1 aromatic carbocycles. The molecule has 104 valence electrons. The van der Waals surface area contributed by atoms with Crippen LogP contribution >= 0.6 is 27.5 Å². The standard InChI is InChI=1S/C14H16BrClFNO/c15-12-7-10(17)5-6-11(12)14(19)18-8-9-3-1-2-4-13(9)16/h5-7,9,13H,1-4,8H2,(H,18,19). The summed E-state index contributed by atoms with van der Waals surface area (Å²) in [6.07, 6.45) is 4.41. The van der Waals surface area contributed by atoms with Crippen molar-refractivity contribution in [3.8, 4) is 0 Å². The van der Waals surface area contributed by atoms with Crippen LogP contribution in [0.25, 0.3) is 0 Å². The zero-order valence-electron chi connectivity index (χ0n) is 10.5. The number of halogens is 3. The smallest absolute Gasteiger partial charge is 0.252 e. The number of carbonyl (C=O) groups is 1. The van der Waals surface area contributed by atoms with Crippen molar-refractivity contribution in [3.05, 3.63) is 34.1 Å². The predicted molar refractivity (Wildman–Crippen MR) is 78.0 cm³/mol. The number of alkyl halides is 1. The fraction of sp³-hybridized carbons (Fsp3) is 0.500. The van der Waals surface area contributed by atoms with Gasteiger partial charge >= 0.3 is 0 Å². The highest BCUT2D eigenvalue weighted by Gasteiger charge is 2.23. The molecular weight excluding hydrogens is 333 g/mol. The van der Waals surface area contributed by atoms with E-state index in [0.717, 1.165) is 12.8 Å². The number of amides is 1. The Morgan fingerprint density at radius 1 is 1.42 bits per heavy atom. The molecule has 1 N–H and O–H groups in total. The van der Waals surface area contributed by atoms with Gasteiger partial charge in [0.2, 0.25) is 0 Å². The van der Waals surface area contributed by atoms with E-state index in [4.69, 9.17) is 11.6 Å². The molecule has 19 heavy (non-hydrogen) atoms. The highest BCUT2D eigenvalue weighted by molar-refractivity contribution is 9.10. The number of nitrogens with one attached hydrogen (secondary N) is 1. The van der Waals surface area contributed by atoms with Gasteiger partial charge in [0.25, 0.3) is 5.91 Å². The number of carbonyl (C=O) groups excluding carboxylic acids is 1. The van der Waals surface area contributed by atoms with Gasteiger partial charge in [0.05, 0.1) is 5.56 Å². The molecule has 1 aliphatic rings. The van der Waals surface area contributed by atoms with Gasteiger partial charge in [0.15, 0.2) is 0 Å². The summed E-state index contributed by atoms with van der Waals surface area (Å²) in [5, 5.41) is 3.03. The first-order chi connectivity index (χ1) is 9.08. The number of hydrogen-bond acceptors (Lipinski definition) is 1. The van der Waals surface area contributed by atoms with Crippen molar-refractivity contribution in [1.82, 2.24) is 5.32 Å². The van der Waals surface area contributed by atoms with Crippen LogP contribution in [0.1, 0.15) is 36.0 Å². The van der Waals surface area contributed by atoms with E-state index in [9.17, 15) is 9.18 Å². The van der Waals surface area contributed by atoms with E-state index in [-0.39, 0.29) is 17.1 Å². The molecule has 0 bridgehead atoms. The number of rotatable bonds is 3. The van der Waals surface area contributed by atoms with Crippen molar-refractivity contribution in [1.29, 1.82) is 0 Å². The van der Waals surface area contributed by atoms with Gasteiger partial charge in [-0.1, -0.05) is 12.8 Å². The summed E-state index contributed by atoms with van der Waals surface area (Å²) in [7, 11) is 0. The van der Waals surface area contributed by atoms with Crippen molar-refractivity contribution >= 4 is 33.4 Å². The van der Waals surface area contributed by atoms with Crippen LogP contribution in [0.5, 0.6) is 0 Å². The molecule has 0 heterocycles. The third-order valence-electron chi connectivity index (χ3n) is 3.52. The van der Waals surface area contributed by atoms with Crippen LogP contribution in [-0.2, 0) is 0 Å². The maximum absolute atomic E-state index is 13.0. The second-order valence-electron chi connectivity index (χ2n) is 4.89. The van der Waals surface area contributed by atoms with E-state index in [1.54, 1.807) is 0 Å². The van der Waals surface area contributed by atoms with Gasteiger partial charge in [-0.25, -0.2) is 4.39 Å². The second-order valence-corrected chi connectivity index (χ2v) is 6.31. The van der Waals surface area contributed by atoms with E-state index in [1.807, 2.05) is 0 Å². The van der Waals surface area contributed by atoms with Gasteiger partial charge in [-0.05, 0) is 52.9 Å². The lowest BCUT2D eigenvalue weighted by Crippen LogP contribution is -2.34. The quantitative estimate of drug-likeness (QED) is 0.818. The largest absolute Gasteiger partial charge is 0.352 e. The third-order valence-corrected chi connectivity index (χ3v) is 4.75. The van der Waals surface area contributed by atoms with Crippen LogP contribution in [-0.4, -0.2) is 17.8 Å². The molecule has 2 unspecified atom stereocenters. The van der Waals surface area contributed by atoms with E-state index < -0.39 is 0 Å². The van der Waals surface area contributed by atoms with Crippen LogP contribution in [0.3, 0.4) is 0 Å². The summed E-state index contributed by atoms with van der Waals surface area (Å²) in [6.45, 7) is 0.580. The monoisotopic (exact) mass is 347 g/mol. The average molecular weight is 349 g/mol. The van der Waals surface area contributed by atoms with Crippen LogP contribution in [0.2, 0.25) is 0 Å². The molecule has 0 spiro atoms. The van der Waals surface area contributed by atoms with E-state index in [1.165, 1.54) is 31.0 Å². The van der Waals surface area contributed by atoms with Crippen LogP contribution in [0, 0.1) is 11.7 Å². The fourth-order valence-electron chi connectivity index (χ4n) is 2.38. The van der Waals surface area contributed by atoms with Gasteiger partial charge in [-0.2, -0.15) is 0 Å². The molecule has 1 amide bonds. The summed E-state index contributed by atoms with van der Waals surface area (Å²) in [4.78, 5) is 12.0. The molecule has 1 saturated carbocycles. The Kier molecular flexibility index (Phi) is 5.22. The molecule has 0 aliphatic heterocycles. The minimum absolute atomic E-state index is 0.144. The van der Waals surface area contributed by atoms with Crippen molar-refractivity contribution in [2.24, 2.45) is 5.92 Å². The highest BCUT2D eigenvalue weighted by Crippen LogP contribution is 2.28. The first-order valence-electron chi connectivity index (χ1n) is 6.45. The van der Waals surface area contributed by atoms with Crippen molar-refractivity contribution in [3.63, 3.8) is 0 Å². The number of hydrogen-bond donors (Lipinski definition) is 1. The van der Waals surface area contributed by atoms with Gasteiger partial charge in [0, 0.05) is 16.4 Å². The lowest BCUT2D eigenvalue weighted by Gasteiger charge is -2.27. The molecule has 1 fully saturated rings. The zero-order valence-corrected chi connectivity index (χ0v) is 12.8. The summed E-state index contributed by atoms with van der Waals surface area (Å²) < 4.78 is 13.4. The lowest BCUT2D eigenvalue weighted by molar-refractivity contribution is 0.0943. The van der Waals surface area contributed by atoms with Gasteiger partial charge in [0.1, 0.15) is 5.82 Å². The van der Waals surface area contributed by atoms with E-state index >= 15 is 0 Å². The van der Waals surface area contributed by atoms with Gasteiger partial charge in [-0.3, -0.25) is 4.79 Å². The molecule has 0 radical (unpaired) electrons. The molecule has 2 atom stereocenters. The summed E-state index contributed by atoms with van der Waals surface area (Å²) >= 11 is 9.45. The van der Waals surface area contributed by atoms with Gasteiger partial charge in [-0.15, -0.1) is 11.6 Å². The zero-order chi connectivity index (χ0) is 13.8. The summed E-state index contributed by atoms with van der Waals surface area (Å²) in [5.41, 5.74) is 0.448. The second kappa shape index (κ2) is 6.71. The minimum atomic E-state index is -0.364. The molecule has 1 aliphatic carbocycles. The summed E-state index contributed by atoms with van der Waals surface area (Å²) in [6, 6.07) is 4.05. The van der Waals surface area contributed by atoms with Crippen LogP contribution < -0.4 is 5.32 Å². The first kappa shape index (κ1) is 14.8. The van der Waals surface area contributed by atoms with E-state index in [2.05, 4.69) is 21.2 Å². The SMILES string of the molecule is O=C(NCC1CCCCC1Cl)c1ccc(F)cc1Br. The van der Waals surface area contributed by atoms with Gasteiger partial charge < -0.3 is 5.32 Å².